The maximum atomic E-state index is 12.5. The molecule has 0 aliphatic heterocycles. The molecule has 3 aromatic rings. The zero-order chi connectivity index (χ0) is 20.1. The van der Waals surface area contributed by atoms with Crippen molar-refractivity contribution in [1.29, 1.82) is 0 Å². The smallest absolute Gasteiger partial charge is 0.293 e. The Labute approximate surface area is 159 Å². The molecular formula is C16H19N9O3. The molecule has 12 nitrogen and oxygen atoms in total. The molecule has 2 aromatic heterocycles. The molecule has 0 saturated carbocycles. The molecule has 0 bridgehead atoms. The van der Waals surface area contributed by atoms with Crippen molar-refractivity contribution < 1.29 is 14.2 Å². The first kappa shape index (κ1) is 19.0. The second-order valence-electron chi connectivity index (χ2n) is 5.98. The molecule has 3 rings (SSSR count). The Morgan fingerprint density at radius 2 is 2.11 bits per heavy atom. The first-order valence-electron chi connectivity index (χ1n) is 8.14. The summed E-state index contributed by atoms with van der Waals surface area (Å²) in [6, 6.07) is 7.20. The summed E-state index contributed by atoms with van der Waals surface area (Å²) >= 11 is 0. The number of carbonyl (C=O) groups excluding carboxylic acids is 1. The van der Waals surface area contributed by atoms with E-state index in [0.717, 1.165) is 11.3 Å². The molecule has 1 aromatic carbocycles. The van der Waals surface area contributed by atoms with E-state index in [1.54, 1.807) is 19.2 Å². The third-order valence-corrected chi connectivity index (χ3v) is 3.64. The van der Waals surface area contributed by atoms with Crippen molar-refractivity contribution in [3.63, 3.8) is 0 Å². The lowest BCUT2D eigenvalue weighted by Crippen LogP contribution is -2.23. The minimum absolute atomic E-state index is 0.0365. The summed E-state index contributed by atoms with van der Waals surface area (Å²) in [4.78, 5) is 14.4. The molecule has 0 spiro atoms. The minimum atomic E-state index is -0.525. The minimum Gasteiger partial charge on any atom is -0.497 e. The summed E-state index contributed by atoms with van der Waals surface area (Å²) in [5.41, 5.74) is 9.50. The van der Waals surface area contributed by atoms with E-state index < -0.39 is 5.91 Å². The highest BCUT2D eigenvalue weighted by atomic mass is 16.6. The third kappa shape index (κ3) is 4.12. The highest BCUT2D eigenvalue weighted by Gasteiger charge is 2.24. The fourth-order valence-corrected chi connectivity index (χ4v) is 2.34. The summed E-state index contributed by atoms with van der Waals surface area (Å²) < 4.78 is 11.0. The Morgan fingerprint density at radius 3 is 2.71 bits per heavy atom. The van der Waals surface area contributed by atoms with Gasteiger partial charge in [-0.3, -0.25) is 4.79 Å². The highest BCUT2D eigenvalue weighted by molar-refractivity contribution is 5.94. The molecule has 0 aliphatic carbocycles. The van der Waals surface area contributed by atoms with Crippen molar-refractivity contribution in [3.8, 4) is 11.6 Å². The van der Waals surface area contributed by atoms with Crippen LogP contribution in [0.15, 0.2) is 34.0 Å². The normalized spacial score (nSPS) is 11.3. The number of amides is 1. The number of hydrogen-bond acceptors (Lipinski definition) is 10. The number of methoxy groups -OCH3 is 1. The van der Waals surface area contributed by atoms with E-state index in [2.05, 4.69) is 35.8 Å². The first-order chi connectivity index (χ1) is 13.5. The van der Waals surface area contributed by atoms with Crippen LogP contribution in [0.4, 0.5) is 5.82 Å². The number of hydrogen-bond donors (Lipinski definition) is 2. The van der Waals surface area contributed by atoms with Crippen LogP contribution >= 0.6 is 0 Å². The summed E-state index contributed by atoms with van der Waals surface area (Å²) in [7, 11) is 5.26. The number of anilines is 1. The van der Waals surface area contributed by atoms with Gasteiger partial charge in [0.2, 0.25) is 11.6 Å². The Balaban J connectivity index is 1.79. The number of benzene rings is 1. The Bertz CT molecular complexity index is 976. The average Bonchev–Trinajstić information content (AvgIpc) is 3.27. The zero-order valence-corrected chi connectivity index (χ0v) is 15.5. The quantitative estimate of drug-likeness (QED) is 0.425. The van der Waals surface area contributed by atoms with Gasteiger partial charge in [-0.1, -0.05) is 5.21 Å². The second kappa shape index (κ2) is 8.26. The van der Waals surface area contributed by atoms with Gasteiger partial charge in [-0.2, -0.15) is 9.78 Å². The van der Waals surface area contributed by atoms with Gasteiger partial charge in [-0.25, -0.2) is 10.1 Å². The van der Waals surface area contributed by atoms with Crippen LogP contribution < -0.4 is 15.9 Å². The van der Waals surface area contributed by atoms with E-state index in [1.165, 1.54) is 10.9 Å². The fourth-order valence-electron chi connectivity index (χ4n) is 2.34. The largest absolute Gasteiger partial charge is 0.497 e. The van der Waals surface area contributed by atoms with Crippen LogP contribution in [0.25, 0.3) is 5.82 Å². The summed E-state index contributed by atoms with van der Waals surface area (Å²) in [5.74, 6) is 0.398. The Kier molecular flexibility index (Phi) is 5.60. The van der Waals surface area contributed by atoms with Gasteiger partial charge in [0.15, 0.2) is 5.69 Å². The van der Waals surface area contributed by atoms with Crippen LogP contribution in [0.3, 0.4) is 0 Å². The first-order valence-corrected chi connectivity index (χ1v) is 8.14. The van der Waals surface area contributed by atoms with Crippen LogP contribution in [0, 0.1) is 0 Å². The topological polar surface area (TPSA) is 150 Å². The van der Waals surface area contributed by atoms with Crippen molar-refractivity contribution in [3.05, 3.63) is 41.2 Å². The number of carbonyl (C=O) groups is 1. The van der Waals surface area contributed by atoms with Gasteiger partial charge in [-0.05, 0) is 54.2 Å². The van der Waals surface area contributed by atoms with Crippen LogP contribution in [0.5, 0.6) is 5.75 Å². The molecule has 28 heavy (non-hydrogen) atoms. The SMILES string of the molecule is COc1ccc(C=NNC(=O)c2nnn(-c3nonc3N)c2CN(C)C)cc1. The van der Waals surface area contributed by atoms with E-state index in [0.29, 0.717) is 12.2 Å². The molecule has 0 unspecified atom stereocenters. The fraction of sp³-hybridized carbons (Fsp3) is 0.250. The molecule has 0 saturated heterocycles. The van der Waals surface area contributed by atoms with Crippen LogP contribution in [0.2, 0.25) is 0 Å². The van der Waals surface area contributed by atoms with Gasteiger partial charge in [0.1, 0.15) is 5.75 Å². The van der Waals surface area contributed by atoms with Crippen LogP contribution in [-0.2, 0) is 6.54 Å². The molecule has 0 aliphatic rings. The van der Waals surface area contributed by atoms with Crippen LogP contribution in [0.1, 0.15) is 21.7 Å². The van der Waals surface area contributed by atoms with E-state index in [-0.39, 0.29) is 17.3 Å². The van der Waals surface area contributed by atoms with E-state index in [1.807, 2.05) is 31.1 Å². The van der Waals surface area contributed by atoms with Crippen molar-refractivity contribution in [1.82, 2.24) is 35.6 Å². The van der Waals surface area contributed by atoms with Crippen molar-refractivity contribution in [2.45, 2.75) is 6.54 Å². The molecule has 0 atom stereocenters. The van der Waals surface area contributed by atoms with E-state index >= 15 is 0 Å². The Morgan fingerprint density at radius 1 is 1.36 bits per heavy atom. The predicted octanol–water partition coefficient (Wildman–Crippen LogP) is 0.0666. The van der Waals surface area contributed by atoms with Crippen molar-refractivity contribution in [2.24, 2.45) is 5.10 Å². The number of nitrogen functional groups attached to an aromatic ring is 1. The molecule has 0 radical (unpaired) electrons. The maximum Gasteiger partial charge on any atom is 0.293 e. The lowest BCUT2D eigenvalue weighted by molar-refractivity contribution is 0.0948. The number of hydrazone groups is 1. The molecule has 12 heteroatoms. The predicted molar refractivity (Wildman–Crippen MR) is 99.1 cm³/mol. The number of nitrogens with two attached hydrogens (primary N) is 1. The third-order valence-electron chi connectivity index (χ3n) is 3.64. The van der Waals surface area contributed by atoms with Gasteiger partial charge in [0.05, 0.1) is 19.0 Å². The number of ether oxygens (including phenoxy) is 1. The van der Waals surface area contributed by atoms with Gasteiger partial charge in [-0.15, -0.1) is 5.10 Å². The number of nitrogens with one attached hydrogen (secondary N) is 1. The number of nitrogens with zero attached hydrogens (tertiary/aromatic N) is 7. The lowest BCUT2D eigenvalue weighted by Gasteiger charge is -2.11. The standard InChI is InChI=1S/C16H19N9O3/c1-24(2)9-12-13(19-23-25(12)15-14(17)21-28-22-15)16(26)20-18-8-10-4-6-11(27-3)7-5-10/h4-8H,9H2,1-3H3,(H2,17,21)(H,20,26). The molecule has 3 N–H and O–H groups in total. The Hall–Kier alpha value is -3.80. The summed E-state index contributed by atoms with van der Waals surface area (Å²) in [6.45, 7) is 0.351. The highest BCUT2D eigenvalue weighted by Crippen LogP contribution is 2.16. The van der Waals surface area contributed by atoms with Crippen LogP contribution in [-0.4, -0.2) is 63.5 Å². The van der Waals surface area contributed by atoms with Gasteiger partial charge >= 0.3 is 0 Å². The number of rotatable bonds is 7. The molecule has 2 heterocycles. The summed E-state index contributed by atoms with van der Waals surface area (Å²) in [6.07, 6.45) is 1.51. The van der Waals surface area contributed by atoms with Gasteiger partial charge < -0.3 is 15.4 Å². The van der Waals surface area contributed by atoms with Gasteiger partial charge in [0, 0.05) is 6.54 Å². The molecule has 1 amide bonds. The lowest BCUT2D eigenvalue weighted by atomic mass is 10.2. The second-order valence-corrected chi connectivity index (χ2v) is 5.98. The zero-order valence-electron chi connectivity index (χ0n) is 15.5. The van der Waals surface area contributed by atoms with E-state index in [4.69, 9.17) is 10.5 Å². The monoisotopic (exact) mass is 385 g/mol. The maximum absolute atomic E-state index is 12.5. The van der Waals surface area contributed by atoms with Crippen molar-refractivity contribution >= 4 is 17.9 Å². The van der Waals surface area contributed by atoms with E-state index in [9.17, 15) is 4.79 Å². The molecule has 146 valence electrons. The average molecular weight is 385 g/mol. The number of aromatic nitrogens is 5. The van der Waals surface area contributed by atoms with Gasteiger partial charge in [0.25, 0.3) is 5.91 Å². The van der Waals surface area contributed by atoms with Crippen molar-refractivity contribution in [2.75, 3.05) is 26.9 Å². The summed E-state index contributed by atoms with van der Waals surface area (Å²) in [5, 5.41) is 19.1. The molecule has 0 fully saturated rings. The molecular weight excluding hydrogens is 366 g/mol.